The van der Waals surface area contributed by atoms with E-state index in [0.29, 0.717) is 5.56 Å². The number of hydrogen-bond acceptors (Lipinski definition) is 4. The van der Waals surface area contributed by atoms with Crippen molar-refractivity contribution in [2.75, 3.05) is 4.72 Å². The standard InChI is InChI=1S/C18H13ClN2O4S/c19-17-16(7-4-10-20-17)26(24,25)21-15-11-13(8-9-14(15)18(22)23)12-5-2-1-3-6-12/h1-11,21H,(H,22,23). The molecule has 0 bridgehead atoms. The molecule has 0 aliphatic rings. The van der Waals surface area contributed by atoms with E-state index in [9.17, 15) is 18.3 Å². The normalized spacial score (nSPS) is 11.1. The van der Waals surface area contributed by atoms with Crippen LogP contribution in [-0.2, 0) is 10.0 Å². The van der Waals surface area contributed by atoms with Gasteiger partial charge in [-0.15, -0.1) is 0 Å². The Morgan fingerprint density at radius 1 is 1.00 bits per heavy atom. The van der Waals surface area contributed by atoms with Gasteiger partial charge >= 0.3 is 5.97 Å². The van der Waals surface area contributed by atoms with Gasteiger partial charge in [-0.05, 0) is 35.4 Å². The van der Waals surface area contributed by atoms with Crippen LogP contribution in [0.5, 0.6) is 0 Å². The molecular weight excluding hydrogens is 376 g/mol. The fraction of sp³-hybridized carbons (Fsp3) is 0. The molecule has 0 saturated carbocycles. The van der Waals surface area contributed by atoms with Crippen LogP contribution in [0.25, 0.3) is 11.1 Å². The molecule has 132 valence electrons. The van der Waals surface area contributed by atoms with Crippen LogP contribution in [0.4, 0.5) is 5.69 Å². The number of carboxylic acids is 1. The molecule has 0 aliphatic heterocycles. The molecule has 3 aromatic rings. The van der Waals surface area contributed by atoms with E-state index in [0.717, 1.165) is 5.56 Å². The third kappa shape index (κ3) is 3.68. The molecule has 0 spiro atoms. The van der Waals surface area contributed by atoms with Crippen LogP contribution in [0, 0.1) is 0 Å². The van der Waals surface area contributed by atoms with Gasteiger partial charge in [-0.3, -0.25) is 4.72 Å². The Bertz CT molecular complexity index is 1070. The number of pyridine rings is 1. The van der Waals surface area contributed by atoms with E-state index < -0.39 is 16.0 Å². The highest BCUT2D eigenvalue weighted by Crippen LogP contribution is 2.28. The maximum absolute atomic E-state index is 12.6. The quantitative estimate of drug-likeness (QED) is 0.646. The zero-order valence-corrected chi connectivity index (χ0v) is 14.8. The predicted octanol–water partition coefficient (Wildman–Crippen LogP) is 3.90. The van der Waals surface area contributed by atoms with Crippen molar-refractivity contribution < 1.29 is 18.3 Å². The number of halogens is 1. The lowest BCUT2D eigenvalue weighted by Gasteiger charge is -2.13. The highest BCUT2D eigenvalue weighted by molar-refractivity contribution is 7.92. The van der Waals surface area contributed by atoms with E-state index in [1.54, 1.807) is 6.07 Å². The number of anilines is 1. The molecule has 1 heterocycles. The highest BCUT2D eigenvalue weighted by atomic mass is 35.5. The monoisotopic (exact) mass is 388 g/mol. The summed E-state index contributed by atoms with van der Waals surface area (Å²) in [6.45, 7) is 0. The van der Waals surface area contributed by atoms with E-state index in [2.05, 4.69) is 9.71 Å². The molecule has 1 aromatic heterocycles. The third-order valence-electron chi connectivity index (χ3n) is 3.62. The number of sulfonamides is 1. The summed E-state index contributed by atoms with van der Waals surface area (Å²) in [4.78, 5) is 15.0. The Morgan fingerprint density at radius 2 is 1.73 bits per heavy atom. The number of aromatic carboxylic acids is 1. The van der Waals surface area contributed by atoms with Crippen molar-refractivity contribution in [3.8, 4) is 11.1 Å². The number of nitrogens with one attached hydrogen (secondary N) is 1. The van der Waals surface area contributed by atoms with Crippen molar-refractivity contribution in [1.29, 1.82) is 0 Å². The maximum Gasteiger partial charge on any atom is 0.337 e. The Labute approximate surface area is 155 Å². The zero-order valence-electron chi connectivity index (χ0n) is 13.3. The van der Waals surface area contributed by atoms with Crippen molar-refractivity contribution in [3.63, 3.8) is 0 Å². The van der Waals surface area contributed by atoms with Gasteiger partial charge in [-0.2, -0.15) is 0 Å². The summed E-state index contributed by atoms with van der Waals surface area (Å²) in [6.07, 6.45) is 1.36. The molecule has 0 fully saturated rings. The molecule has 0 atom stereocenters. The summed E-state index contributed by atoms with van der Waals surface area (Å²) in [5.41, 5.74) is 1.27. The molecule has 3 rings (SSSR count). The molecule has 6 nitrogen and oxygen atoms in total. The van der Waals surface area contributed by atoms with Crippen LogP contribution in [-0.4, -0.2) is 24.5 Å². The first-order valence-electron chi connectivity index (χ1n) is 7.44. The highest BCUT2D eigenvalue weighted by Gasteiger charge is 2.22. The summed E-state index contributed by atoms with van der Waals surface area (Å²) >= 11 is 5.86. The second kappa shape index (κ2) is 7.15. The van der Waals surface area contributed by atoms with E-state index in [1.165, 1.54) is 30.5 Å². The largest absolute Gasteiger partial charge is 0.478 e. The first-order chi connectivity index (χ1) is 12.4. The molecule has 0 unspecified atom stereocenters. The fourth-order valence-electron chi connectivity index (χ4n) is 2.40. The number of rotatable bonds is 5. The lowest BCUT2D eigenvalue weighted by molar-refractivity contribution is 0.0698. The van der Waals surface area contributed by atoms with Crippen LogP contribution >= 0.6 is 11.6 Å². The van der Waals surface area contributed by atoms with Crippen molar-refractivity contribution >= 4 is 33.3 Å². The third-order valence-corrected chi connectivity index (χ3v) is 5.43. The molecule has 0 aliphatic carbocycles. The Balaban J connectivity index is 2.08. The van der Waals surface area contributed by atoms with Gasteiger partial charge in [0.1, 0.15) is 10.0 Å². The van der Waals surface area contributed by atoms with Gasteiger partial charge in [0.25, 0.3) is 10.0 Å². The summed E-state index contributed by atoms with van der Waals surface area (Å²) in [7, 11) is -4.11. The lowest BCUT2D eigenvalue weighted by Crippen LogP contribution is -2.16. The van der Waals surface area contributed by atoms with E-state index >= 15 is 0 Å². The molecule has 0 amide bonds. The first kappa shape index (κ1) is 17.9. The summed E-state index contributed by atoms with van der Waals surface area (Å²) in [5.74, 6) is -1.25. The van der Waals surface area contributed by atoms with Crippen LogP contribution in [0.2, 0.25) is 5.15 Å². The molecular formula is C18H13ClN2O4S. The van der Waals surface area contributed by atoms with Crippen LogP contribution in [0.15, 0.2) is 71.8 Å². The van der Waals surface area contributed by atoms with Gasteiger partial charge in [0.15, 0.2) is 0 Å². The van der Waals surface area contributed by atoms with Gasteiger partial charge in [0.05, 0.1) is 11.3 Å². The Hall–Kier alpha value is -2.90. The van der Waals surface area contributed by atoms with Crippen LogP contribution < -0.4 is 4.72 Å². The summed E-state index contributed by atoms with van der Waals surface area (Å²) < 4.78 is 27.5. The van der Waals surface area contributed by atoms with Gasteiger partial charge in [0, 0.05) is 6.20 Å². The second-order valence-electron chi connectivity index (χ2n) is 5.33. The predicted molar refractivity (Wildman–Crippen MR) is 98.9 cm³/mol. The summed E-state index contributed by atoms with van der Waals surface area (Å²) in [6, 6.07) is 16.4. The number of nitrogens with zero attached hydrogens (tertiary/aromatic N) is 1. The number of aromatic nitrogens is 1. The number of hydrogen-bond donors (Lipinski definition) is 2. The van der Waals surface area contributed by atoms with Gasteiger partial charge in [-0.1, -0.05) is 48.0 Å². The first-order valence-corrected chi connectivity index (χ1v) is 9.31. The van der Waals surface area contributed by atoms with Gasteiger partial charge in [0.2, 0.25) is 0 Å². The molecule has 2 aromatic carbocycles. The van der Waals surface area contributed by atoms with E-state index in [-0.39, 0.29) is 21.3 Å². The minimum Gasteiger partial charge on any atom is -0.478 e. The van der Waals surface area contributed by atoms with Gasteiger partial charge < -0.3 is 5.11 Å². The Morgan fingerprint density at radius 3 is 2.38 bits per heavy atom. The average Bonchev–Trinajstić information content (AvgIpc) is 2.62. The van der Waals surface area contributed by atoms with Crippen molar-refractivity contribution in [2.24, 2.45) is 0 Å². The zero-order chi connectivity index (χ0) is 18.7. The molecule has 0 saturated heterocycles. The van der Waals surface area contributed by atoms with Crippen molar-refractivity contribution in [3.05, 3.63) is 77.6 Å². The van der Waals surface area contributed by atoms with Crippen LogP contribution in [0.3, 0.4) is 0 Å². The molecule has 26 heavy (non-hydrogen) atoms. The fourth-order valence-corrected chi connectivity index (χ4v) is 3.92. The molecule has 8 heteroatoms. The maximum atomic E-state index is 12.6. The SMILES string of the molecule is O=C(O)c1ccc(-c2ccccc2)cc1NS(=O)(=O)c1cccnc1Cl. The van der Waals surface area contributed by atoms with Crippen LogP contribution in [0.1, 0.15) is 10.4 Å². The van der Waals surface area contributed by atoms with Gasteiger partial charge in [-0.25, -0.2) is 18.2 Å². The van der Waals surface area contributed by atoms with E-state index in [4.69, 9.17) is 11.6 Å². The Kier molecular flexibility index (Phi) is 4.92. The topological polar surface area (TPSA) is 96.4 Å². The van der Waals surface area contributed by atoms with Crippen molar-refractivity contribution in [2.45, 2.75) is 4.90 Å². The van der Waals surface area contributed by atoms with Crippen molar-refractivity contribution in [1.82, 2.24) is 4.98 Å². The lowest BCUT2D eigenvalue weighted by atomic mass is 10.0. The molecule has 2 N–H and O–H groups in total. The number of carbonyl (C=O) groups is 1. The summed E-state index contributed by atoms with van der Waals surface area (Å²) in [5, 5.41) is 9.18. The number of carboxylic acid groups (broad SMARTS) is 1. The average molecular weight is 389 g/mol. The van der Waals surface area contributed by atoms with E-state index in [1.807, 2.05) is 30.3 Å². The number of benzene rings is 2. The minimum atomic E-state index is -4.11. The minimum absolute atomic E-state index is 0.0567. The smallest absolute Gasteiger partial charge is 0.337 e. The second-order valence-corrected chi connectivity index (χ2v) is 7.34. The molecule has 0 radical (unpaired) electrons.